The average molecular weight is 384 g/mol. The quantitative estimate of drug-likeness (QED) is 0.472. The molecule has 1 atom stereocenters. The third-order valence-electron chi connectivity index (χ3n) is 4.66. The number of phenolic OH excluding ortho intramolecular Hbond substituents is 1. The third-order valence-corrected chi connectivity index (χ3v) is 4.66. The molecule has 0 unspecified atom stereocenters. The van der Waals surface area contributed by atoms with E-state index in [9.17, 15) is 10.2 Å². The van der Waals surface area contributed by atoms with Gasteiger partial charge in [-0.2, -0.15) is 9.97 Å². The van der Waals surface area contributed by atoms with Gasteiger partial charge in [0.1, 0.15) is 5.75 Å². The van der Waals surface area contributed by atoms with Crippen molar-refractivity contribution in [3.8, 4) is 5.75 Å². The Bertz CT molecular complexity index is 938. The Kier molecular flexibility index (Phi) is 5.99. The molecular weight excluding hydrogens is 356 g/mol. The van der Waals surface area contributed by atoms with Crippen LogP contribution < -0.4 is 10.6 Å². The Morgan fingerprint density at radius 1 is 1.14 bits per heavy atom. The highest BCUT2D eigenvalue weighted by molar-refractivity contribution is 5.84. The molecule has 4 N–H and O–H groups in total. The van der Waals surface area contributed by atoms with Crippen molar-refractivity contribution < 1.29 is 10.2 Å². The molecule has 3 aromatic rings. The largest absolute Gasteiger partial charge is 0.508 e. The fourth-order valence-electron chi connectivity index (χ4n) is 2.92. The molecular formula is C20H28N6O2. The number of aromatic hydroxyl groups is 1. The highest BCUT2D eigenvalue weighted by Gasteiger charge is 2.18. The van der Waals surface area contributed by atoms with E-state index in [1.807, 2.05) is 24.5 Å². The number of fused-ring (bicyclic) bond motifs is 1. The first-order chi connectivity index (χ1) is 13.4. The average Bonchev–Trinajstić information content (AvgIpc) is 3.08. The van der Waals surface area contributed by atoms with Crippen LogP contribution in [0, 0.1) is 5.92 Å². The van der Waals surface area contributed by atoms with Gasteiger partial charge >= 0.3 is 0 Å². The van der Waals surface area contributed by atoms with Crippen LogP contribution in [0.1, 0.15) is 39.3 Å². The lowest BCUT2D eigenvalue weighted by atomic mass is 10.1. The number of imidazole rings is 1. The van der Waals surface area contributed by atoms with Crippen molar-refractivity contribution in [1.29, 1.82) is 0 Å². The van der Waals surface area contributed by atoms with E-state index < -0.39 is 0 Å². The second-order valence-corrected chi connectivity index (χ2v) is 7.51. The van der Waals surface area contributed by atoms with E-state index in [2.05, 4.69) is 39.4 Å². The highest BCUT2D eigenvalue weighted by atomic mass is 16.3. The van der Waals surface area contributed by atoms with Gasteiger partial charge in [-0.1, -0.05) is 26.0 Å². The number of nitrogens with zero attached hydrogens (tertiary/aromatic N) is 4. The maximum atomic E-state index is 9.67. The molecule has 28 heavy (non-hydrogen) atoms. The Morgan fingerprint density at radius 3 is 2.57 bits per heavy atom. The van der Waals surface area contributed by atoms with Crippen LogP contribution in [-0.4, -0.2) is 42.4 Å². The van der Waals surface area contributed by atoms with Crippen molar-refractivity contribution in [3.05, 3.63) is 36.2 Å². The molecule has 0 amide bonds. The van der Waals surface area contributed by atoms with Crippen LogP contribution in [0.4, 0.5) is 11.8 Å². The molecule has 1 aromatic carbocycles. The summed E-state index contributed by atoms with van der Waals surface area (Å²) >= 11 is 0. The SMILES string of the molecule is CC(C)[C@H](CO)Nc1nc(NCc2cccc(O)c2)c2ncn(C(C)C)c2n1. The summed E-state index contributed by atoms with van der Waals surface area (Å²) in [6.45, 7) is 8.69. The molecule has 0 saturated heterocycles. The summed E-state index contributed by atoms with van der Waals surface area (Å²) in [7, 11) is 0. The van der Waals surface area contributed by atoms with Gasteiger partial charge in [0, 0.05) is 12.6 Å². The van der Waals surface area contributed by atoms with Crippen molar-refractivity contribution >= 4 is 22.9 Å². The maximum Gasteiger partial charge on any atom is 0.227 e. The number of aliphatic hydroxyl groups is 1. The summed E-state index contributed by atoms with van der Waals surface area (Å²) < 4.78 is 1.99. The van der Waals surface area contributed by atoms with Crippen LogP contribution >= 0.6 is 0 Å². The van der Waals surface area contributed by atoms with Gasteiger partial charge in [-0.3, -0.25) is 0 Å². The molecule has 0 fully saturated rings. The molecule has 2 heterocycles. The number of aliphatic hydroxyl groups excluding tert-OH is 1. The van der Waals surface area contributed by atoms with E-state index >= 15 is 0 Å². The van der Waals surface area contributed by atoms with Gasteiger partial charge in [0.05, 0.1) is 19.0 Å². The van der Waals surface area contributed by atoms with E-state index in [0.29, 0.717) is 23.8 Å². The Hall–Kier alpha value is -2.87. The summed E-state index contributed by atoms with van der Waals surface area (Å²) in [6, 6.07) is 7.13. The van der Waals surface area contributed by atoms with Crippen LogP contribution in [0.5, 0.6) is 5.75 Å². The molecule has 0 aliphatic carbocycles. The molecule has 150 valence electrons. The number of hydrogen-bond donors (Lipinski definition) is 4. The van der Waals surface area contributed by atoms with E-state index in [0.717, 1.165) is 11.2 Å². The van der Waals surface area contributed by atoms with Crippen molar-refractivity contribution in [2.24, 2.45) is 5.92 Å². The predicted octanol–water partition coefficient (Wildman–Crippen LogP) is 3.15. The number of aromatic nitrogens is 4. The van der Waals surface area contributed by atoms with Crippen LogP contribution in [0.3, 0.4) is 0 Å². The molecule has 0 saturated carbocycles. The minimum atomic E-state index is -0.146. The monoisotopic (exact) mass is 384 g/mol. The van der Waals surface area contributed by atoms with Gasteiger partial charge in [-0.25, -0.2) is 4.98 Å². The zero-order chi connectivity index (χ0) is 20.3. The van der Waals surface area contributed by atoms with Crippen LogP contribution in [0.2, 0.25) is 0 Å². The summed E-state index contributed by atoms with van der Waals surface area (Å²) in [4.78, 5) is 13.7. The third kappa shape index (κ3) is 4.33. The lowest BCUT2D eigenvalue weighted by Crippen LogP contribution is -2.30. The van der Waals surface area contributed by atoms with Gasteiger partial charge in [-0.05, 0) is 37.5 Å². The molecule has 3 rings (SSSR count). The van der Waals surface area contributed by atoms with E-state index in [1.54, 1.807) is 24.5 Å². The minimum absolute atomic E-state index is 0.00540. The van der Waals surface area contributed by atoms with Crippen molar-refractivity contribution in [2.45, 2.75) is 46.3 Å². The molecule has 2 aromatic heterocycles. The molecule has 8 heteroatoms. The molecule has 0 aliphatic rings. The van der Waals surface area contributed by atoms with Gasteiger partial charge < -0.3 is 25.4 Å². The normalized spacial score (nSPS) is 12.7. The van der Waals surface area contributed by atoms with Crippen LogP contribution in [0.25, 0.3) is 11.2 Å². The molecule has 0 radical (unpaired) electrons. The summed E-state index contributed by atoms with van der Waals surface area (Å²) in [5.41, 5.74) is 2.34. The van der Waals surface area contributed by atoms with Gasteiger partial charge in [0.25, 0.3) is 0 Å². The summed E-state index contributed by atoms with van der Waals surface area (Å²) in [6.07, 6.45) is 1.76. The first kappa shape index (κ1) is 19.9. The zero-order valence-electron chi connectivity index (χ0n) is 16.7. The smallest absolute Gasteiger partial charge is 0.227 e. The second kappa shape index (κ2) is 8.43. The number of phenols is 1. The number of benzene rings is 1. The topological polar surface area (TPSA) is 108 Å². The Balaban J connectivity index is 1.96. The second-order valence-electron chi connectivity index (χ2n) is 7.51. The summed E-state index contributed by atoms with van der Waals surface area (Å²) in [5.74, 6) is 1.50. The van der Waals surface area contributed by atoms with Crippen molar-refractivity contribution in [1.82, 2.24) is 19.5 Å². The number of rotatable bonds is 8. The van der Waals surface area contributed by atoms with Crippen LogP contribution in [-0.2, 0) is 6.54 Å². The highest BCUT2D eigenvalue weighted by Crippen LogP contribution is 2.25. The molecule has 0 spiro atoms. The number of anilines is 2. The van der Waals surface area contributed by atoms with E-state index in [4.69, 9.17) is 0 Å². The van der Waals surface area contributed by atoms with E-state index in [-0.39, 0.29) is 30.4 Å². The van der Waals surface area contributed by atoms with Gasteiger partial charge in [0.2, 0.25) is 5.95 Å². The minimum Gasteiger partial charge on any atom is -0.508 e. The lowest BCUT2D eigenvalue weighted by Gasteiger charge is -2.20. The maximum absolute atomic E-state index is 9.67. The van der Waals surface area contributed by atoms with Crippen molar-refractivity contribution in [3.63, 3.8) is 0 Å². The van der Waals surface area contributed by atoms with Gasteiger partial charge in [-0.15, -0.1) is 0 Å². The molecule has 0 aliphatic heterocycles. The number of nitrogens with one attached hydrogen (secondary N) is 2. The summed E-state index contributed by atoms with van der Waals surface area (Å²) in [5, 5.41) is 25.8. The van der Waals surface area contributed by atoms with Crippen LogP contribution in [0.15, 0.2) is 30.6 Å². The number of hydrogen-bond acceptors (Lipinski definition) is 7. The van der Waals surface area contributed by atoms with Crippen molar-refractivity contribution in [2.75, 3.05) is 17.2 Å². The fourth-order valence-corrected chi connectivity index (χ4v) is 2.92. The lowest BCUT2D eigenvalue weighted by molar-refractivity contribution is 0.248. The fraction of sp³-hybridized carbons (Fsp3) is 0.450. The Morgan fingerprint density at radius 2 is 1.93 bits per heavy atom. The first-order valence-electron chi connectivity index (χ1n) is 9.52. The predicted molar refractivity (Wildman–Crippen MR) is 110 cm³/mol. The molecule has 8 nitrogen and oxygen atoms in total. The zero-order valence-corrected chi connectivity index (χ0v) is 16.7. The van der Waals surface area contributed by atoms with Gasteiger partial charge in [0.15, 0.2) is 17.0 Å². The first-order valence-corrected chi connectivity index (χ1v) is 9.52. The van der Waals surface area contributed by atoms with E-state index in [1.165, 1.54) is 0 Å². The Labute approximate surface area is 164 Å². The standard InChI is InChI=1S/C20H28N6O2/c1-12(2)16(10-27)23-20-24-18(21-9-14-6-5-7-15(28)8-14)17-19(25-20)26(11-22-17)13(3)4/h5-8,11-13,16,27-28H,9-10H2,1-4H3,(H2,21,23,24,25)/t16-/m0/s1. The molecule has 0 bridgehead atoms.